The molecule has 4 N–H and O–H groups in total. The van der Waals surface area contributed by atoms with Crippen molar-refractivity contribution in [1.29, 1.82) is 0 Å². The van der Waals surface area contributed by atoms with Gasteiger partial charge in [-0.1, -0.05) is 12.5 Å². The standard InChI is InChI=1S/C9H21N3O3/c1-4-12(7-9(2,3)14)6-5-8(13)15-11-10/h11,14H,4-7,10H2,1-3H3. The Balaban J connectivity index is 3.85. The SMILES string of the molecule is CCN(CCC(=O)ONN)CC(C)(C)O. The molecule has 6 heteroatoms. The molecule has 0 aromatic rings. The van der Waals surface area contributed by atoms with Crippen LogP contribution in [0.25, 0.3) is 0 Å². The summed E-state index contributed by atoms with van der Waals surface area (Å²) >= 11 is 0. The van der Waals surface area contributed by atoms with Crippen molar-refractivity contribution >= 4 is 5.97 Å². The Morgan fingerprint density at radius 2 is 2.20 bits per heavy atom. The topological polar surface area (TPSA) is 87.8 Å². The maximum atomic E-state index is 11.0. The molecule has 0 aliphatic carbocycles. The van der Waals surface area contributed by atoms with Crippen molar-refractivity contribution in [3.8, 4) is 0 Å². The molecule has 0 radical (unpaired) electrons. The van der Waals surface area contributed by atoms with Crippen molar-refractivity contribution in [3.05, 3.63) is 0 Å². The first-order valence-electron chi connectivity index (χ1n) is 4.99. The Morgan fingerprint density at radius 1 is 1.60 bits per heavy atom. The first-order chi connectivity index (χ1) is 6.89. The van der Waals surface area contributed by atoms with Gasteiger partial charge in [-0.05, 0) is 20.4 Å². The van der Waals surface area contributed by atoms with Crippen LogP contribution in [0.15, 0.2) is 0 Å². The average molecular weight is 219 g/mol. The van der Waals surface area contributed by atoms with Gasteiger partial charge in [0.05, 0.1) is 12.0 Å². The maximum Gasteiger partial charge on any atom is 0.327 e. The number of aliphatic hydroxyl groups is 1. The number of rotatable bonds is 7. The van der Waals surface area contributed by atoms with Crippen LogP contribution in [0, 0.1) is 0 Å². The predicted octanol–water partition coefficient (Wildman–Crippen LogP) is -0.609. The van der Waals surface area contributed by atoms with Crippen molar-refractivity contribution in [1.82, 2.24) is 10.5 Å². The Hall–Kier alpha value is -0.690. The minimum atomic E-state index is -0.758. The Kier molecular flexibility index (Phi) is 6.42. The van der Waals surface area contributed by atoms with Gasteiger partial charge < -0.3 is 14.8 Å². The molecule has 6 nitrogen and oxygen atoms in total. The molecule has 0 unspecified atom stereocenters. The third-order valence-corrected chi connectivity index (χ3v) is 1.86. The lowest BCUT2D eigenvalue weighted by Crippen LogP contribution is -2.40. The summed E-state index contributed by atoms with van der Waals surface area (Å²) in [6.45, 7) is 7.27. The van der Waals surface area contributed by atoms with Gasteiger partial charge in [0.15, 0.2) is 0 Å². The number of nitrogens with two attached hydrogens (primary N) is 1. The molecule has 15 heavy (non-hydrogen) atoms. The number of nitrogens with one attached hydrogen (secondary N) is 1. The zero-order chi connectivity index (χ0) is 11.9. The van der Waals surface area contributed by atoms with Crippen LogP contribution in [0.1, 0.15) is 27.2 Å². The van der Waals surface area contributed by atoms with Crippen molar-refractivity contribution in [2.45, 2.75) is 32.8 Å². The molecule has 0 fully saturated rings. The fourth-order valence-electron chi connectivity index (χ4n) is 1.26. The molecule has 0 heterocycles. The highest BCUT2D eigenvalue weighted by molar-refractivity contribution is 5.69. The molecule has 0 rings (SSSR count). The van der Waals surface area contributed by atoms with Gasteiger partial charge >= 0.3 is 5.97 Å². The molecular weight excluding hydrogens is 198 g/mol. The van der Waals surface area contributed by atoms with Gasteiger partial charge in [0, 0.05) is 13.1 Å². The highest BCUT2D eigenvalue weighted by Gasteiger charge is 2.17. The third-order valence-electron chi connectivity index (χ3n) is 1.86. The second kappa shape index (κ2) is 6.73. The van der Waals surface area contributed by atoms with Gasteiger partial charge in [0.2, 0.25) is 0 Å². The van der Waals surface area contributed by atoms with Crippen LogP contribution in [0.5, 0.6) is 0 Å². The van der Waals surface area contributed by atoms with E-state index in [1.165, 1.54) is 0 Å². The molecular formula is C9H21N3O3. The lowest BCUT2D eigenvalue weighted by atomic mass is 10.1. The predicted molar refractivity (Wildman–Crippen MR) is 56.4 cm³/mol. The zero-order valence-electron chi connectivity index (χ0n) is 9.62. The fraction of sp³-hybridized carbons (Fsp3) is 0.889. The summed E-state index contributed by atoms with van der Waals surface area (Å²) in [5.74, 6) is 4.41. The minimum absolute atomic E-state index is 0.244. The zero-order valence-corrected chi connectivity index (χ0v) is 9.62. The molecule has 0 amide bonds. The number of likely N-dealkylation sites (N-methyl/N-ethyl adjacent to an activating group) is 1. The largest absolute Gasteiger partial charge is 0.389 e. The summed E-state index contributed by atoms with van der Waals surface area (Å²) in [4.78, 5) is 17.3. The second-order valence-corrected chi connectivity index (χ2v) is 4.02. The van der Waals surface area contributed by atoms with E-state index in [4.69, 9.17) is 5.84 Å². The average Bonchev–Trinajstić information content (AvgIpc) is 2.11. The summed E-state index contributed by atoms with van der Waals surface area (Å²) in [7, 11) is 0. The van der Waals surface area contributed by atoms with Gasteiger partial charge in [-0.25, -0.2) is 5.84 Å². The van der Waals surface area contributed by atoms with E-state index in [0.29, 0.717) is 13.1 Å². The van der Waals surface area contributed by atoms with Gasteiger partial charge in [-0.3, -0.25) is 4.79 Å². The Morgan fingerprint density at radius 3 is 2.60 bits per heavy atom. The lowest BCUT2D eigenvalue weighted by Gasteiger charge is -2.27. The van der Waals surface area contributed by atoms with Gasteiger partial charge in [-0.2, -0.15) is 0 Å². The van der Waals surface area contributed by atoms with Gasteiger partial charge in [0.1, 0.15) is 0 Å². The first kappa shape index (κ1) is 14.3. The molecule has 0 atom stereocenters. The minimum Gasteiger partial charge on any atom is -0.389 e. The quantitative estimate of drug-likeness (QED) is 0.391. The summed E-state index contributed by atoms with van der Waals surface area (Å²) in [6, 6.07) is 0. The van der Waals surface area contributed by atoms with Crippen molar-refractivity contribution < 1.29 is 14.7 Å². The maximum absolute atomic E-state index is 11.0. The molecule has 0 aliphatic heterocycles. The Bertz CT molecular complexity index is 192. The van der Waals surface area contributed by atoms with Gasteiger partial charge in [0.25, 0.3) is 0 Å². The van der Waals surface area contributed by atoms with E-state index >= 15 is 0 Å². The number of hydrogen-bond donors (Lipinski definition) is 3. The molecule has 0 saturated carbocycles. The van der Waals surface area contributed by atoms with E-state index < -0.39 is 11.6 Å². The van der Waals surface area contributed by atoms with E-state index in [0.717, 1.165) is 6.54 Å². The van der Waals surface area contributed by atoms with Crippen LogP contribution >= 0.6 is 0 Å². The smallest absolute Gasteiger partial charge is 0.327 e. The normalized spacial score (nSPS) is 11.9. The molecule has 0 saturated heterocycles. The second-order valence-electron chi connectivity index (χ2n) is 4.02. The van der Waals surface area contributed by atoms with Gasteiger partial charge in [-0.15, -0.1) is 0 Å². The highest BCUT2D eigenvalue weighted by Crippen LogP contribution is 2.05. The van der Waals surface area contributed by atoms with E-state index in [2.05, 4.69) is 4.84 Å². The van der Waals surface area contributed by atoms with Crippen LogP contribution in [-0.4, -0.2) is 41.2 Å². The van der Waals surface area contributed by atoms with E-state index in [9.17, 15) is 9.90 Å². The van der Waals surface area contributed by atoms with E-state index in [1.54, 1.807) is 13.8 Å². The highest BCUT2D eigenvalue weighted by atomic mass is 16.7. The number of carbonyl (C=O) groups excluding carboxylic acids is 1. The molecule has 0 aliphatic rings. The molecule has 0 spiro atoms. The lowest BCUT2D eigenvalue weighted by molar-refractivity contribution is -0.151. The number of hydrogen-bond acceptors (Lipinski definition) is 6. The van der Waals surface area contributed by atoms with E-state index in [-0.39, 0.29) is 6.42 Å². The van der Waals surface area contributed by atoms with Crippen LogP contribution in [0.4, 0.5) is 0 Å². The van der Waals surface area contributed by atoms with Crippen LogP contribution in [0.3, 0.4) is 0 Å². The summed E-state index contributed by atoms with van der Waals surface area (Å²) in [6.07, 6.45) is 0.244. The number of hydrazine groups is 1. The summed E-state index contributed by atoms with van der Waals surface area (Å²) < 4.78 is 0. The van der Waals surface area contributed by atoms with Crippen molar-refractivity contribution in [3.63, 3.8) is 0 Å². The first-order valence-corrected chi connectivity index (χ1v) is 4.99. The van der Waals surface area contributed by atoms with Crippen LogP contribution in [0.2, 0.25) is 0 Å². The number of carbonyl (C=O) groups is 1. The molecule has 0 aromatic heterocycles. The third kappa shape index (κ3) is 8.31. The van der Waals surface area contributed by atoms with E-state index in [1.807, 2.05) is 17.4 Å². The van der Waals surface area contributed by atoms with Crippen molar-refractivity contribution in [2.75, 3.05) is 19.6 Å². The van der Waals surface area contributed by atoms with Crippen molar-refractivity contribution in [2.24, 2.45) is 5.84 Å². The van der Waals surface area contributed by atoms with Crippen LogP contribution in [-0.2, 0) is 9.63 Å². The molecule has 0 aromatic carbocycles. The fourth-order valence-corrected chi connectivity index (χ4v) is 1.26. The monoisotopic (exact) mass is 219 g/mol. The Labute approximate surface area is 90.3 Å². The molecule has 0 bridgehead atoms. The molecule has 90 valence electrons. The summed E-state index contributed by atoms with van der Waals surface area (Å²) in [5.41, 5.74) is 1.08. The summed E-state index contributed by atoms with van der Waals surface area (Å²) in [5, 5.41) is 9.60. The number of nitrogens with zero attached hydrogens (tertiary/aromatic N) is 1. The van der Waals surface area contributed by atoms with Crippen LogP contribution < -0.4 is 11.4 Å².